The van der Waals surface area contributed by atoms with E-state index in [1.165, 1.54) is 6.42 Å². The predicted octanol–water partition coefficient (Wildman–Crippen LogP) is 2.09. The zero-order valence-electron chi connectivity index (χ0n) is 10.7. The highest BCUT2D eigenvalue weighted by atomic mass is 35.5. The first-order valence-corrected chi connectivity index (χ1v) is 6.75. The molecule has 0 aliphatic carbocycles. The molecular formula is C14H19ClN2O. The molecule has 1 aliphatic rings. The minimum absolute atomic E-state index is 0.144. The Morgan fingerprint density at radius 2 is 2.39 bits per heavy atom. The van der Waals surface area contributed by atoms with Crippen LogP contribution < -0.4 is 5.32 Å². The molecule has 1 heterocycles. The quantitative estimate of drug-likeness (QED) is 0.905. The third kappa shape index (κ3) is 3.72. The van der Waals surface area contributed by atoms with Gasteiger partial charge in [-0.15, -0.1) is 0 Å². The minimum atomic E-state index is 0.144. The van der Waals surface area contributed by atoms with Crippen LogP contribution in [0.2, 0.25) is 5.02 Å². The SMILES string of the molecule is CN(CC1CCCN1)C(=O)Cc1cccc(Cl)c1. The lowest BCUT2D eigenvalue weighted by molar-refractivity contribution is -0.129. The number of amides is 1. The van der Waals surface area contributed by atoms with Crippen LogP contribution in [0.3, 0.4) is 0 Å². The van der Waals surface area contributed by atoms with Crippen molar-refractivity contribution in [2.45, 2.75) is 25.3 Å². The second-order valence-corrected chi connectivity index (χ2v) is 5.31. The van der Waals surface area contributed by atoms with Crippen LogP contribution >= 0.6 is 11.6 Å². The summed E-state index contributed by atoms with van der Waals surface area (Å²) in [6.45, 7) is 1.86. The number of nitrogens with zero attached hydrogens (tertiary/aromatic N) is 1. The zero-order valence-corrected chi connectivity index (χ0v) is 11.4. The van der Waals surface area contributed by atoms with Crippen LogP contribution in [0.15, 0.2) is 24.3 Å². The second-order valence-electron chi connectivity index (χ2n) is 4.87. The second kappa shape index (κ2) is 6.21. The average Bonchev–Trinajstić information content (AvgIpc) is 2.81. The molecule has 3 nitrogen and oxygen atoms in total. The van der Waals surface area contributed by atoms with E-state index < -0.39 is 0 Å². The number of carbonyl (C=O) groups excluding carboxylic acids is 1. The number of nitrogens with one attached hydrogen (secondary N) is 1. The molecule has 0 saturated carbocycles. The Labute approximate surface area is 113 Å². The molecule has 1 amide bonds. The highest BCUT2D eigenvalue weighted by Crippen LogP contribution is 2.12. The molecule has 4 heteroatoms. The first-order valence-electron chi connectivity index (χ1n) is 6.37. The van der Waals surface area contributed by atoms with Crippen molar-refractivity contribution in [1.29, 1.82) is 0 Å². The number of halogens is 1. The molecule has 1 aliphatic heterocycles. The van der Waals surface area contributed by atoms with Gasteiger partial charge in [0, 0.05) is 24.7 Å². The summed E-state index contributed by atoms with van der Waals surface area (Å²) in [6.07, 6.45) is 2.79. The molecule has 1 fully saturated rings. The molecule has 1 N–H and O–H groups in total. The normalized spacial score (nSPS) is 18.9. The monoisotopic (exact) mass is 266 g/mol. The van der Waals surface area contributed by atoms with E-state index in [1.807, 2.05) is 36.2 Å². The number of likely N-dealkylation sites (N-methyl/N-ethyl adjacent to an activating group) is 1. The Hall–Kier alpha value is -1.06. The molecule has 18 heavy (non-hydrogen) atoms. The van der Waals surface area contributed by atoms with Gasteiger partial charge >= 0.3 is 0 Å². The average molecular weight is 267 g/mol. The Bertz CT molecular complexity index is 416. The lowest BCUT2D eigenvalue weighted by atomic mass is 10.1. The standard InChI is InChI=1S/C14H19ClN2O/c1-17(10-13-6-3-7-16-13)14(18)9-11-4-2-5-12(15)8-11/h2,4-5,8,13,16H,3,6-7,9-10H2,1H3. The number of benzene rings is 1. The summed E-state index contributed by atoms with van der Waals surface area (Å²) in [7, 11) is 1.87. The summed E-state index contributed by atoms with van der Waals surface area (Å²) in [5.41, 5.74) is 0.971. The molecule has 2 rings (SSSR count). The molecule has 0 bridgehead atoms. The van der Waals surface area contributed by atoms with Gasteiger partial charge in [0.25, 0.3) is 0 Å². The molecule has 98 valence electrons. The van der Waals surface area contributed by atoms with Gasteiger partial charge in [-0.2, -0.15) is 0 Å². The van der Waals surface area contributed by atoms with Crippen molar-refractivity contribution in [2.75, 3.05) is 20.1 Å². The fourth-order valence-electron chi connectivity index (χ4n) is 2.30. The van der Waals surface area contributed by atoms with Crippen LogP contribution in [0.4, 0.5) is 0 Å². The zero-order chi connectivity index (χ0) is 13.0. The Kier molecular flexibility index (Phi) is 4.61. The summed E-state index contributed by atoms with van der Waals surface area (Å²) >= 11 is 5.91. The van der Waals surface area contributed by atoms with Crippen LogP contribution in [-0.2, 0) is 11.2 Å². The Morgan fingerprint density at radius 3 is 3.06 bits per heavy atom. The fourth-order valence-corrected chi connectivity index (χ4v) is 2.51. The third-order valence-corrected chi connectivity index (χ3v) is 3.56. The molecule has 1 aromatic rings. The van der Waals surface area contributed by atoms with Gasteiger partial charge in [-0.3, -0.25) is 4.79 Å². The van der Waals surface area contributed by atoms with E-state index >= 15 is 0 Å². The van der Waals surface area contributed by atoms with Crippen LogP contribution in [0.5, 0.6) is 0 Å². The maximum Gasteiger partial charge on any atom is 0.226 e. The van der Waals surface area contributed by atoms with Crippen molar-refractivity contribution in [3.05, 3.63) is 34.9 Å². The maximum absolute atomic E-state index is 12.1. The number of carbonyl (C=O) groups is 1. The Balaban J connectivity index is 1.86. The summed E-state index contributed by atoms with van der Waals surface area (Å²) in [4.78, 5) is 13.9. The van der Waals surface area contributed by atoms with Gasteiger partial charge in [-0.05, 0) is 37.1 Å². The van der Waals surface area contributed by atoms with E-state index in [0.29, 0.717) is 17.5 Å². The largest absolute Gasteiger partial charge is 0.344 e. The van der Waals surface area contributed by atoms with Gasteiger partial charge in [-0.1, -0.05) is 23.7 Å². The first-order chi connectivity index (χ1) is 8.65. The highest BCUT2D eigenvalue weighted by Gasteiger charge is 2.18. The third-order valence-electron chi connectivity index (χ3n) is 3.33. The smallest absolute Gasteiger partial charge is 0.226 e. The van der Waals surface area contributed by atoms with Gasteiger partial charge in [0.1, 0.15) is 0 Å². The van der Waals surface area contributed by atoms with Crippen molar-refractivity contribution < 1.29 is 4.79 Å². The van der Waals surface area contributed by atoms with E-state index in [9.17, 15) is 4.79 Å². The lowest BCUT2D eigenvalue weighted by Gasteiger charge is -2.21. The summed E-state index contributed by atoms with van der Waals surface area (Å²) < 4.78 is 0. The van der Waals surface area contributed by atoms with E-state index in [-0.39, 0.29) is 5.91 Å². The lowest BCUT2D eigenvalue weighted by Crippen LogP contribution is -2.39. The van der Waals surface area contributed by atoms with Gasteiger partial charge in [-0.25, -0.2) is 0 Å². The van der Waals surface area contributed by atoms with Crippen LogP contribution in [0.1, 0.15) is 18.4 Å². The first kappa shape index (κ1) is 13.4. The molecule has 0 radical (unpaired) electrons. The Morgan fingerprint density at radius 1 is 1.56 bits per heavy atom. The predicted molar refractivity (Wildman–Crippen MR) is 73.8 cm³/mol. The van der Waals surface area contributed by atoms with Gasteiger partial charge in [0.05, 0.1) is 6.42 Å². The van der Waals surface area contributed by atoms with Crippen molar-refractivity contribution in [3.63, 3.8) is 0 Å². The van der Waals surface area contributed by atoms with E-state index in [1.54, 1.807) is 0 Å². The molecule has 0 spiro atoms. The van der Waals surface area contributed by atoms with Gasteiger partial charge < -0.3 is 10.2 Å². The summed E-state index contributed by atoms with van der Waals surface area (Å²) in [5, 5.41) is 4.08. The molecular weight excluding hydrogens is 248 g/mol. The van der Waals surface area contributed by atoms with Crippen molar-refractivity contribution in [3.8, 4) is 0 Å². The van der Waals surface area contributed by atoms with E-state index in [4.69, 9.17) is 11.6 Å². The number of hydrogen-bond donors (Lipinski definition) is 1. The number of rotatable bonds is 4. The summed E-state index contributed by atoms with van der Waals surface area (Å²) in [5.74, 6) is 0.144. The van der Waals surface area contributed by atoms with Gasteiger partial charge in [0.2, 0.25) is 5.91 Å². The molecule has 1 unspecified atom stereocenters. The molecule has 1 saturated heterocycles. The molecule has 1 atom stereocenters. The van der Waals surface area contributed by atoms with Crippen molar-refractivity contribution in [1.82, 2.24) is 10.2 Å². The highest BCUT2D eigenvalue weighted by molar-refractivity contribution is 6.30. The van der Waals surface area contributed by atoms with E-state index in [2.05, 4.69) is 5.32 Å². The van der Waals surface area contributed by atoms with Crippen molar-refractivity contribution >= 4 is 17.5 Å². The van der Waals surface area contributed by atoms with Gasteiger partial charge in [0.15, 0.2) is 0 Å². The van der Waals surface area contributed by atoms with Crippen LogP contribution in [0, 0.1) is 0 Å². The van der Waals surface area contributed by atoms with Crippen LogP contribution in [0.25, 0.3) is 0 Å². The van der Waals surface area contributed by atoms with E-state index in [0.717, 1.165) is 25.1 Å². The number of hydrogen-bond acceptors (Lipinski definition) is 2. The fraction of sp³-hybridized carbons (Fsp3) is 0.500. The maximum atomic E-state index is 12.1. The molecule has 1 aromatic carbocycles. The van der Waals surface area contributed by atoms with Crippen LogP contribution in [-0.4, -0.2) is 37.0 Å². The molecule has 0 aromatic heterocycles. The summed E-state index contributed by atoms with van der Waals surface area (Å²) in [6, 6.07) is 7.94. The minimum Gasteiger partial charge on any atom is -0.344 e. The topological polar surface area (TPSA) is 32.3 Å². The van der Waals surface area contributed by atoms with Crippen molar-refractivity contribution in [2.24, 2.45) is 0 Å².